The normalized spacial score (nSPS) is 40.4. The largest absolute Gasteiger partial charge is 0.432 e. The molecule has 5 heteroatoms. The molecule has 7 atom stereocenters. The Bertz CT molecular complexity index is 796. The Morgan fingerprint density at radius 3 is 2.66 bits per heavy atom. The molecule has 1 saturated carbocycles. The van der Waals surface area contributed by atoms with E-state index in [0.717, 1.165) is 70.6 Å². The topological polar surface area (TPSA) is 54.0 Å². The minimum atomic E-state index is -0.801. The van der Waals surface area contributed by atoms with Crippen LogP contribution in [0.15, 0.2) is 30.3 Å². The smallest absolute Gasteiger partial charge is 0.311 e. The van der Waals surface area contributed by atoms with E-state index in [9.17, 15) is 4.79 Å². The Morgan fingerprint density at radius 1 is 1.00 bits per heavy atom. The number of ether oxygens (including phenoxy) is 2. The first kappa shape index (κ1) is 22.4. The number of carbonyl (C=O) groups is 1. The second-order valence-electron chi connectivity index (χ2n) is 10.6. The van der Waals surface area contributed by atoms with Gasteiger partial charge in [-0.3, -0.25) is 4.79 Å². The second-order valence-corrected chi connectivity index (χ2v) is 10.6. The number of esters is 1. The fourth-order valence-electron chi connectivity index (χ4n) is 6.87. The predicted molar refractivity (Wildman–Crippen MR) is 120 cm³/mol. The van der Waals surface area contributed by atoms with Crippen LogP contribution in [-0.4, -0.2) is 23.6 Å². The minimum Gasteiger partial charge on any atom is -0.432 e. The summed E-state index contributed by atoms with van der Waals surface area (Å²) in [4.78, 5) is 25.6. The SMILES string of the molecule is CCCC[C@H]1C(=O)O[C@@H]2O[C@@]3(CCCCc4ccccc4)CC[C@H]4[C@H](C)CC[C@@H]1[C@@]24OO3. The fourth-order valence-corrected chi connectivity index (χ4v) is 6.87. The highest BCUT2D eigenvalue weighted by molar-refractivity contribution is 5.74. The van der Waals surface area contributed by atoms with Gasteiger partial charge >= 0.3 is 5.97 Å². The Hall–Kier alpha value is -1.43. The molecule has 0 aromatic heterocycles. The Labute approximate surface area is 192 Å². The van der Waals surface area contributed by atoms with Gasteiger partial charge < -0.3 is 9.47 Å². The van der Waals surface area contributed by atoms with Crippen molar-refractivity contribution >= 4 is 5.97 Å². The molecular formula is C27H38O5. The van der Waals surface area contributed by atoms with Crippen molar-refractivity contribution in [1.29, 1.82) is 0 Å². The van der Waals surface area contributed by atoms with Gasteiger partial charge in [-0.05, 0) is 56.4 Å². The Morgan fingerprint density at radius 2 is 1.84 bits per heavy atom. The van der Waals surface area contributed by atoms with Crippen LogP contribution in [0.2, 0.25) is 0 Å². The van der Waals surface area contributed by atoms with Crippen molar-refractivity contribution in [2.45, 2.75) is 102 Å². The number of rotatable bonds is 8. The molecule has 5 fully saturated rings. The van der Waals surface area contributed by atoms with E-state index in [2.05, 4.69) is 44.2 Å². The summed E-state index contributed by atoms with van der Waals surface area (Å²) in [6.45, 7) is 4.49. The molecule has 2 bridgehead atoms. The van der Waals surface area contributed by atoms with E-state index >= 15 is 0 Å². The molecule has 176 valence electrons. The molecule has 4 heterocycles. The van der Waals surface area contributed by atoms with Crippen molar-refractivity contribution in [3.05, 3.63) is 35.9 Å². The Kier molecular flexibility index (Phi) is 6.34. The number of hydrogen-bond donors (Lipinski definition) is 0. The third-order valence-corrected chi connectivity index (χ3v) is 8.64. The summed E-state index contributed by atoms with van der Waals surface area (Å²) in [6.07, 6.45) is 10.1. The zero-order valence-electron chi connectivity index (χ0n) is 19.6. The van der Waals surface area contributed by atoms with Crippen molar-refractivity contribution in [1.82, 2.24) is 0 Å². The lowest BCUT2D eigenvalue weighted by Crippen LogP contribution is -2.70. The molecule has 1 aliphatic carbocycles. The van der Waals surface area contributed by atoms with Gasteiger partial charge in [0.25, 0.3) is 0 Å². The van der Waals surface area contributed by atoms with Crippen LogP contribution in [0.25, 0.3) is 0 Å². The van der Waals surface area contributed by atoms with Crippen LogP contribution in [0.1, 0.15) is 83.6 Å². The second kappa shape index (κ2) is 9.08. The van der Waals surface area contributed by atoms with Gasteiger partial charge in [0.05, 0.1) is 5.92 Å². The third-order valence-electron chi connectivity index (χ3n) is 8.64. The van der Waals surface area contributed by atoms with Gasteiger partial charge in [0.2, 0.25) is 12.1 Å². The maximum Gasteiger partial charge on any atom is 0.311 e. The number of aryl methyl sites for hydroxylation is 1. The Balaban J connectivity index is 1.32. The fraction of sp³-hybridized carbons (Fsp3) is 0.741. The number of carbonyl (C=O) groups excluding carboxylic acids is 1. The van der Waals surface area contributed by atoms with Crippen LogP contribution in [-0.2, 0) is 30.5 Å². The van der Waals surface area contributed by atoms with Crippen molar-refractivity contribution in [2.75, 3.05) is 0 Å². The van der Waals surface area contributed by atoms with Gasteiger partial charge in [-0.2, -0.15) is 0 Å². The molecule has 1 spiro atoms. The van der Waals surface area contributed by atoms with E-state index in [0.29, 0.717) is 11.8 Å². The maximum absolute atomic E-state index is 13.0. The molecule has 0 radical (unpaired) electrons. The van der Waals surface area contributed by atoms with E-state index in [4.69, 9.17) is 19.2 Å². The summed E-state index contributed by atoms with van der Waals surface area (Å²) < 4.78 is 12.6. The molecule has 5 aliphatic rings. The summed E-state index contributed by atoms with van der Waals surface area (Å²) in [5, 5.41) is 0. The quantitative estimate of drug-likeness (QED) is 0.282. The van der Waals surface area contributed by atoms with Gasteiger partial charge in [-0.25, -0.2) is 9.78 Å². The molecule has 1 aromatic carbocycles. The van der Waals surface area contributed by atoms with Crippen LogP contribution in [0.5, 0.6) is 0 Å². The number of unbranched alkanes of at least 4 members (excludes halogenated alkanes) is 2. The molecule has 4 saturated heterocycles. The van der Waals surface area contributed by atoms with Gasteiger partial charge in [-0.1, -0.05) is 57.0 Å². The minimum absolute atomic E-state index is 0.0947. The van der Waals surface area contributed by atoms with Crippen LogP contribution in [0.3, 0.4) is 0 Å². The summed E-state index contributed by atoms with van der Waals surface area (Å²) in [5.41, 5.74) is 0.710. The average Bonchev–Trinajstić information content (AvgIpc) is 3.06. The number of benzene rings is 1. The molecule has 6 rings (SSSR count). The average molecular weight is 443 g/mol. The standard InChI is InChI=1S/C27H38O5/c1-3-4-13-21-23-15-14-19(2)22-16-18-26(17-9-8-12-20-10-6-5-7-11-20)30-25(29-24(21)28)27(22,23)32-31-26/h5-7,10-11,19,21-23,25H,3-4,8-9,12-18H2,1-2H3/t19-,21-,22+,23+,25-,26-,27-/m1/s1. The molecule has 1 aromatic rings. The highest BCUT2D eigenvalue weighted by Crippen LogP contribution is 2.61. The molecule has 32 heavy (non-hydrogen) atoms. The van der Waals surface area contributed by atoms with E-state index in [-0.39, 0.29) is 17.8 Å². The molecule has 0 N–H and O–H groups in total. The van der Waals surface area contributed by atoms with Crippen LogP contribution < -0.4 is 0 Å². The zero-order valence-corrected chi connectivity index (χ0v) is 19.6. The summed E-state index contributed by atoms with van der Waals surface area (Å²) >= 11 is 0. The maximum atomic E-state index is 13.0. The third kappa shape index (κ3) is 3.80. The van der Waals surface area contributed by atoms with Crippen LogP contribution >= 0.6 is 0 Å². The van der Waals surface area contributed by atoms with E-state index in [1.807, 2.05) is 0 Å². The van der Waals surface area contributed by atoms with Crippen molar-refractivity contribution in [2.24, 2.45) is 23.7 Å². The molecule has 0 unspecified atom stereocenters. The van der Waals surface area contributed by atoms with E-state index < -0.39 is 17.7 Å². The van der Waals surface area contributed by atoms with Crippen molar-refractivity contribution < 1.29 is 24.0 Å². The van der Waals surface area contributed by atoms with E-state index in [1.54, 1.807) is 0 Å². The lowest BCUT2D eigenvalue weighted by molar-refractivity contribution is -0.564. The van der Waals surface area contributed by atoms with Gasteiger partial charge in [0, 0.05) is 24.7 Å². The summed E-state index contributed by atoms with van der Waals surface area (Å²) in [6, 6.07) is 10.6. The summed E-state index contributed by atoms with van der Waals surface area (Å²) in [5.74, 6) is -0.0675. The lowest BCUT2D eigenvalue weighted by atomic mass is 9.57. The molecule has 5 nitrogen and oxygen atoms in total. The first-order chi connectivity index (χ1) is 15.6. The highest BCUT2D eigenvalue weighted by Gasteiger charge is 2.71. The zero-order chi connectivity index (χ0) is 22.2. The van der Waals surface area contributed by atoms with Gasteiger partial charge in [-0.15, -0.1) is 0 Å². The van der Waals surface area contributed by atoms with Crippen molar-refractivity contribution in [3.8, 4) is 0 Å². The van der Waals surface area contributed by atoms with Crippen molar-refractivity contribution in [3.63, 3.8) is 0 Å². The van der Waals surface area contributed by atoms with E-state index in [1.165, 1.54) is 5.56 Å². The predicted octanol–water partition coefficient (Wildman–Crippen LogP) is 5.96. The first-order valence-corrected chi connectivity index (χ1v) is 12.9. The first-order valence-electron chi connectivity index (χ1n) is 12.9. The van der Waals surface area contributed by atoms with Crippen LogP contribution in [0, 0.1) is 23.7 Å². The molecule has 0 amide bonds. The number of hydrogen-bond acceptors (Lipinski definition) is 5. The van der Waals surface area contributed by atoms with Gasteiger partial charge in [0.15, 0.2) is 5.60 Å². The highest BCUT2D eigenvalue weighted by atomic mass is 17.3. The van der Waals surface area contributed by atoms with Crippen LogP contribution in [0.4, 0.5) is 0 Å². The molecule has 4 aliphatic heterocycles. The molecular weight excluding hydrogens is 404 g/mol. The monoisotopic (exact) mass is 442 g/mol. The van der Waals surface area contributed by atoms with Gasteiger partial charge in [0.1, 0.15) is 0 Å². The summed E-state index contributed by atoms with van der Waals surface area (Å²) in [7, 11) is 0. The number of fused-ring (bicyclic) bond motifs is 2. The lowest BCUT2D eigenvalue weighted by Gasteiger charge is -2.58.